The molecular weight excluding hydrogens is 198 g/mol. The summed E-state index contributed by atoms with van der Waals surface area (Å²) in [5.41, 5.74) is -1.19. The van der Waals surface area contributed by atoms with Crippen LogP contribution in [0, 0.1) is 11.3 Å². The summed E-state index contributed by atoms with van der Waals surface area (Å²) in [6, 6.07) is 0. The molecule has 0 saturated heterocycles. The second kappa shape index (κ2) is 3.05. The molecule has 0 aromatic carbocycles. The van der Waals surface area contributed by atoms with Crippen LogP contribution >= 0.6 is 0 Å². The predicted molar refractivity (Wildman–Crippen MR) is 51.8 cm³/mol. The monoisotopic (exact) mass is 207 g/mol. The second-order valence-corrected chi connectivity index (χ2v) is 3.55. The Morgan fingerprint density at radius 3 is 2.67 bits per heavy atom. The summed E-state index contributed by atoms with van der Waals surface area (Å²) in [4.78, 5) is 26.2. The first-order valence-corrected chi connectivity index (χ1v) is 4.45. The number of carbonyl (C=O) groups is 2. The maximum atomic E-state index is 11.1. The third-order valence-corrected chi connectivity index (χ3v) is 2.84. The standard InChI is InChI=1S/C10H9NO4/c12-8(13)10(9(14)15)3-1-2-6-4-11-5-7(6)10/h1-4,7H,5H2,(H,12,13)(H,14,15). The molecule has 2 N–H and O–H groups in total. The van der Waals surface area contributed by atoms with Crippen molar-refractivity contribution in [1.82, 2.24) is 0 Å². The summed E-state index contributed by atoms with van der Waals surface area (Å²) in [5, 5.41) is 18.2. The van der Waals surface area contributed by atoms with Gasteiger partial charge in [-0.3, -0.25) is 14.6 Å². The molecule has 0 aromatic rings. The van der Waals surface area contributed by atoms with Crippen molar-refractivity contribution < 1.29 is 19.8 Å². The lowest BCUT2D eigenvalue weighted by atomic mass is 9.70. The van der Waals surface area contributed by atoms with Crippen molar-refractivity contribution in [2.24, 2.45) is 16.3 Å². The minimum absolute atomic E-state index is 0.217. The van der Waals surface area contributed by atoms with E-state index in [1.54, 1.807) is 6.08 Å². The first-order valence-electron chi connectivity index (χ1n) is 4.45. The zero-order valence-electron chi connectivity index (χ0n) is 7.75. The normalized spacial score (nSPS) is 25.9. The van der Waals surface area contributed by atoms with Gasteiger partial charge in [0.2, 0.25) is 0 Å². The Kier molecular flexibility index (Phi) is 1.96. The maximum absolute atomic E-state index is 11.1. The molecule has 15 heavy (non-hydrogen) atoms. The Balaban J connectivity index is 2.52. The average Bonchev–Trinajstić information content (AvgIpc) is 2.63. The maximum Gasteiger partial charge on any atom is 0.325 e. The minimum atomic E-state index is -1.86. The largest absolute Gasteiger partial charge is 0.480 e. The molecule has 2 aliphatic rings. The van der Waals surface area contributed by atoms with Gasteiger partial charge in [-0.05, 0) is 5.57 Å². The fourth-order valence-corrected chi connectivity index (χ4v) is 1.98. The SMILES string of the molecule is O=C(O)C1(C(=O)O)C=CC=C2C=NCC21. The van der Waals surface area contributed by atoms with Crippen molar-refractivity contribution in [3.63, 3.8) is 0 Å². The number of rotatable bonds is 2. The molecule has 1 atom stereocenters. The van der Waals surface area contributed by atoms with Crippen molar-refractivity contribution >= 4 is 18.2 Å². The van der Waals surface area contributed by atoms with Crippen LogP contribution in [0.2, 0.25) is 0 Å². The van der Waals surface area contributed by atoms with Crippen molar-refractivity contribution in [1.29, 1.82) is 0 Å². The van der Waals surface area contributed by atoms with Gasteiger partial charge in [-0.15, -0.1) is 0 Å². The lowest BCUT2D eigenvalue weighted by Crippen LogP contribution is -2.46. The zero-order chi connectivity index (χ0) is 11.1. The van der Waals surface area contributed by atoms with Gasteiger partial charge in [-0.25, -0.2) is 0 Å². The third-order valence-electron chi connectivity index (χ3n) is 2.84. The molecule has 0 bridgehead atoms. The number of carboxylic acids is 2. The molecule has 0 amide bonds. The van der Waals surface area contributed by atoms with E-state index in [4.69, 9.17) is 10.2 Å². The molecular formula is C10H9NO4. The summed E-state index contributed by atoms with van der Waals surface area (Å²) in [6.07, 6.45) is 5.92. The average molecular weight is 207 g/mol. The number of nitrogens with zero attached hydrogens (tertiary/aromatic N) is 1. The summed E-state index contributed by atoms with van der Waals surface area (Å²) < 4.78 is 0. The molecule has 5 nitrogen and oxygen atoms in total. The molecule has 5 heteroatoms. The van der Waals surface area contributed by atoms with Gasteiger partial charge < -0.3 is 10.2 Å². The van der Waals surface area contributed by atoms with Gasteiger partial charge in [0.25, 0.3) is 0 Å². The predicted octanol–water partition coefficient (Wildman–Crippen LogP) is 0.339. The van der Waals surface area contributed by atoms with Crippen LogP contribution in [0.3, 0.4) is 0 Å². The van der Waals surface area contributed by atoms with Crippen LogP contribution in [0.4, 0.5) is 0 Å². The van der Waals surface area contributed by atoms with Crippen LogP contribution in [0.5, 0.6) is 0 Å². The van der Waals surface area contributed by atoms with Crippen LogP contribution in [0.15, 0.2) is 28.8 Å². The Morgan fingerprint density at radius 2 is 2.07 bits per heavy atom. The summed E-state index contributed by atoms with van der Waals surface area (Å²) in [7, 11) is 0. The van der Waals surface area contributed by atoms with Gasteiger partial charge in [0.1, 0.15) is 0 Å². The van der Waals surface area contributed by atoms with E-state index >= 15 is 0 Å². The summed E-state index contributed by atoms with van der Waals surface area (Å²) in [5.74, 6) is -3.27. The van der Waals surface area contributed by atoms with Crippen LogP contribution in [-0.2, 0) is 9.59 Å². The van der Waals surface area contributed by atoms with Crippen LogP contribution in [0.1, 0.15) is 0 Å². The van der Waals surface area contributed by atoms with Gasteiger partial charge in [0, 0.05) is 18.7 Å². The van der Waals surface area contributed by atoms with Gasteiger partial charge in [-0.1, -0.05) is 18.2 Å². The smallest absolute Gasteiger partial charge is 0.325 e. The molecule has 0 spiro atoms. The molecule has 1 aliphatic heterocycles. The van der Waals surface area contributed by atoms with E-state index in [1.807, 2.05) is 0 Å². The fourth-order valence-electron chi connectivity index (χ4n) is 1.98. The lowest BCUT2D eigenvalue weighted by Gasteiger charge is -2.30. The number of aliphatic imine (C=N–C) groups is 1. The number of allylic oxidation sites excluding steroid dienone is 2. The zero-order valence-corrected chi connectivity index (χ0v) is 7.75. The Bertz CT molecular complexity index is 405. The minimum Gasteiger partial charge on any atom is -0.480 e. The Hall–Kier alpha value is -1.91. The molecule has 1 unspecified atom stereocenters. The number of hydrogen-bond donors (Lipinski definition) is 2. The first kappa shape index (κ1) is 9.64. The third kappa shape index (κ3) is 1.12. The molecule has 1 heterocycles. The molecule has 0 radical (unpaired) electrons. The number of carboxylic acid groups (broad SMARTS) is 2. The van der Waals surface area contributed by atoms with Gasteiger partial charge in [0.15, 0.2) is 5.41 Å². The second-order valence-electron chi connectivity index (χ2n) is 3.55. The Morgan fingerprint density at radius 1 is 1.40 bits per heavy atom. The van der Waals surface area contributed by atoms with E-state index < -0.39 is 23.3 Å². The highest BCUT2D eigenvalue weighted by atomic mass is 16.4. The fraction of sp³-hybridized carbons (Fsp3) is 0.300. The van der Waals surface area contributed by atoms with E-state index in [9.17, 15) is 9.59 Å². The number of hydrogen-bond acceptors (Lipinski definition) is 3. The van der Waals surface area contributed by atoms with Crippen LogP contribution in [-0.4, -0.2) is 34.9 Å². The molecule has 0 aromatic heterocycles. The molecule has 0 fully saturated rings. The number of fused-ring (bicyclic) bond motifs is 1. The molecule has 1 aliphatic carbocycles. The highest BCUT2D eigenvalue weighted by molar-refractivity contribution is 6.04. The van der Waals surface area contributed by atoms with Crippen molar-refractivity contribution in [2.75, 3.05) is 6.54 Å². The van der Waals surface area contributed by atoms with Crippen LogP contribution < -0.4 is 0 Å². The molecule has 2 rings (SSSR count). The topological polar surface area (TPSA) is 87.0 Å². The number of aliphatic carboxylic acids is 2. The van der Waals surface area contributed by atoms with E-state index in [1.165, 1.54) is 18.4 Å². The molecule has 0 saturated carbocycles. The van der Waals surface area contributed by atoms with Gasteiger partial charge in [0.05, 0.1) is 0 Å². The van der Waals surface area contributed by atoms with Gasteiger partial charge in [-0.2, -0.15) is 0 Å². The highest BCUT2D eigenvalue weighted by Crippen LogP contribution is 2.40. The van der Waals surface area contributed by atoms with E-state index in [0.717, 1.165) is 0 Å². The Labute approximate surface area is 85.4 Å². The van der Waals surface area contributed by atoms with E-state index in [-0.39, 0.29) is 6.54 Å². The summed E-state index contributed by atoms with van der Waals surface area (Å²) in [6.45, 7) is 0.217. The first-order chi connectivity index (χ1) is 7.09. The van der Waals surface area contributed by atoms with E-state index in [0.29, 0.717) is 5.57 Å². The molecule has 78 valence electrons. The summed E-state index contributed by atoms with van der Waals surface area (Å²) >= 11 is 0. The van der Waals surface area contributed by atoms with Gasteiger partial charge >= 0.3 is 11.9 Å². The quantitative estimate of drug-likeness (QED) is 0.639. The van der Waals surface area contributed by atoms with Crippen molar-refractivity contribution in [2.45, 2.75) is 0 Å². The van der Waals surface area contributed by atoms with Crippen molar-refractivity contribution in [3.8, 4) is 0 Å². The van der Waals surface area contributed by atoms with Crippen LogP contribution in [0.25, 0.3) is 0 Å². The van der Waals surface area contributed by atoms with Crippen molar-refractivity contribution in [3.05, 3.63) is 23.8 Å². The highest BCUT2D eigenvalue weighted by Gasteiger charge is 2.54. The van der Waals surface area contributed by atoms with E-state index in [2.05, 4.69) is 4.99 Å². The lowest BCUT2D eigenvalue weighted by molar-refractivity contribution is -0.163.